The lowest BCUT2D eigenvalue weighted by molar-refractivity contribution is -0.148. The summed E-state index contributed by atoms with van der Waals surface area (Å²) >= 11 is 0. The lowest BCUT2D eigenvalue weighted by Crippen LogP contribution is -2.25. The van der Waals surface area contributed by atoms with Crippen molar-refractivity contribution in [1.82, 2.24) is 9.55 Å². The van der Waals surface area contributed by atoms with Crippen LogP contribution in [0, 0.1) is 5.92 Å². The minimum absolute atomic E-state index is 0.170. The molecule has 20 heavy (non-hydrogen) atoms. The number of nitrogen functional groups attached to an aromatic ring is 1. The van der Waals surface area contributed by atoms with E-state index in [9.17, 15) is 18.3 Å². The highest BCUT2D eigenvalue weighted by Crippen LogP contribution is 2.35. The molecule has 0 aliphatic carbocycles. The zero-order valence-corrected chi connectivity index (χ0v) is 11.1. The lowest BCUT2D eigenvalue weighted by atomic mass is 10.0. The first-order valence-corrected chi connectivity index (χ1v) is 6.21. The summed E-state index contributed by atoms with van der Waals surface area (Å²) < 4.78 is 40.5. The summed E-state index contributed by atoms with van der Waals surface area (Å²) in [6, 6.07) is 3.73. The standard InChI is InChI=1S/C13H16F3N3O/c1-7(2)11(6-20)19-10-4-3-8(17)5-9(10)18-12(19)13(14,15)16/h3-5,7,11,20H,6,17H2,1-2H3. The van der Waals surface area contributed by atoms with Crippen molar-refractivity contribution >= 4 is 16.7 Å². The zero-order chi connectivity index (χ0) is 15.1. The second kappa shape index (κ2) is 4.97. The Morgan fingerprint density at radius 1 is 1.35 bits per heavy atom. The predicted molar refractivity (Wildman–Crippen MR) is 70.1 cm³/mol. The number of aromatic nitrogens is 2. The SMILES string of the molecule is CC(C)C(CO)n1c(C(F)(F)F)nc2cc(N)ccc21. The molecule has 2 aromatic rings. The van der Waals surface area contributed by atoms with Gasteiger partial charge in [-0.2, -0.15) is 13.2 Å². The summed E-state index contributed by atoms with van der Waals surface area (Å²) in [5.74, 6) is -1.18. The largest absolute Gasteiger partial charge is 0.449 e. The number of nitrogens with zero attached hydrogens (tertiary/aromatic N) is 2. The molecule has 1 heterocycles. The summed E-state index contributed by atoms with van der Waals surface area (Å²) in [5.41, 5.74) is 6.42. The molecule has 110 valence electrons. The van der Waals surface area contributed by atoms with E-state index in [2.05, 4.69) is 4.98 Å². The van der Waals surface area contributed by atoms with Crippen LogP contribution >= 0.6 is 0 Å². The van der Waals surface area contributed by atoms with Crippen LogP contribution in [0.15, 0.2) is 18.2 Å². The van der Waals surface area contributed by atoms with Crippen LogP contribution in [0.2, 0.25) is 0 Å². The first-order valence-electron chi connectivity index (χ1n) is 6.21. The third-order valence-corrected chi connectivity index (χ3v) is 3.26. The monoisotopic (exact) mass is 287 g/mol. The highest BCUT2D eigenvalue weighted by atomic mass is 19.4. The molecule has 1 unspecified atom stereocenters. The van der Waals surface area contributed by atoms with Crippen LogP contribution in [0.1, 0.15) is 25.7 Å². The van der Waals surface area contributed by atoms with E-state index in [-0.39, 0.29) is 11.4 Å². The molecule has 0 fully saturated rings. The number of hydrogen-bond donors (Lipinski definition) is 2. The average Bonchev–Trinajstić information content (AvgIpc) is 2.68. The van der Waals surface area contributed by atoms with Crippen molar-refractivity contribution in [2.75, 3.05) is 12.3 Å². The topological polar surface area (TPSA) is 64.1 Å². The zero-order valence-electron chi connectivity index (χ0n) is 11.1. The van der Waals surface area contributed by atoms with Gasteiger partial charge < -0.3 is 15.4 Å². The minimum Gasteiger partial charge on any atom is -0.399 e. The van der Waals surface area contributed by atoms with E-state index in [0.717, 1.165) is 4.57 Å². The number of rotatable bonds is 3. The third kappa shape index (κ3) is 2.45. The molecular formula is C13H16F3N3O. The second-order valence-electron chi connectivity index (χ2n) is 5.05. The summed E-state index contributed by atoms with van der Waals surface area (Å²) in [6.45, 7) is 3.12. The summed E-state index contributed by atoms with van der Waals surface area (Å²) in [5, 5.41) is 9.43. The van der Waals surface area contributed by atoms with Gasteiger partial charge in [-0.25, -0.2) is 4.98 Å². The molecule has 7 heteroatoms. The molecule has 0 radical (unpaired) electrons. The molecule has 1 atom stereocenters. The first-order chi connectivity index (χ1) is 9.25. The molecule has 1 aromatic heterocycles. The molecule has 3 N–H and O–H groups in total. The van der Waals surface area contributed by atoms with Crippen molar-refractivity contribution in [1.29, 1.82) is 0 Å². The van der Waals surface area contributed by atoms with E-state index >= 15 is 0 Å². The first kappa shape index (κ1) is 14.6. The van der Waals surface area contributed by atoms with E-state index in [1.807, 2.05) is 0 Å². The molecule has 1 aromatic carbocycles. The summed E-state index contributed by atoms with van der Waals surface area (Å²) in [7, 11) is 0. The normalized spacial score (nSPS) is 14.2. The Hall–Kier alpha value is -1.76. The molecule has 0 amide bonds. The molecule has 0 aliphatic rings. The average molecular weight is 287 g/mol. The van der Waals surface area contributed by atoms with Crippen LogP contribution in [0.25, 0.3) is 11.0 Å². The number of benzene rings is 1. The maximum Gasteiger partial charge on any atom is 0.449 e. The Morgan fingerprint density at radius 2 is 2.00 bits per heavy atom. The van der Waals surface area contributed by atoms with Gasteiger partial charge in [0.25, 0.3) is 0 Å². The number of imidazole rings is 1. The van der Waals surface area contributed by atoms with Gasteiger partial charge in [-0.15, -0.1) is 0 Å². The van der Waals surface area contributed by atoms with Crippen LogP contribution in [0.4, 0.5) is 18.9 Å². The van der Waals surface area contributed by atoms with Crippen LogP contribution in [-0.4, -0.2) is 21.3 Å². The quantitative estimate of drug-likeness (QED) is 0.853. The maximum absolute atomic E-state index is 13.2. The molecule has 0 spiro atoms. The molecule has 2 rings (SSSR count). The van der Waals surface area contributed by atoms with Crippen molar-refractivity contribution < 1.29 is 18.3 Å². The number of anilines is 1. The summed E-state index contributed by atoms with van der Waals surface area (Å²) in [6.07, 6.45) is -4.59. The van der Waals surface area contributed by atoms with Gasteiger partial charge in [0.2, 0.25) is 5.82 Å². The molecule has 0 saturated heterocycles. The Morgan fingerprint density at radius 3 is 2.50 bits per heavy atom. The van der Waals surface area contributed by atoms with Crippen LogP contribution in [0.5, 0.6) is 0 Å². The van der Waals surface area contributed by atoms with Crippen molar-refractivity contribution in [2.24, 2.45) is 5.92 Å². The minimum atomic E-state index is -4.59. The number of aliphatic hydroxyl groups is 1. The number of fused-ring (bicyclic) bond motifs is 1. The van der Waals surface area contributed by atoms with Crippen LogP contribution < -0.4 is 5.73 Å². The van der Waals surface area contributed by atoms with Gasteiger partial charge in [0.15, 0.2) is 0 Å². The number of hydrogen-bond acceptors (Lipinski definition) is 3. The van der Waals surface area contributed by atoms with Crippen molar-refractivity contribution in [3.63, 3.8) is 0 Å². The van der Waals surface area contributed by atoms with Gasteiger partial charge in [0.1, 0.15) is 0 Å². The highest BCUT2D eigenvalue weighted by Gasteiger charge is 2.39. The van der Waals surface area contributed by atoms with E-state index in [1.54, 1.807) is 13.8 Å². The Balaban J connectivity index is 2.77. The Bertz CT molecular complexity index is 619. The molecule has 0 bridgehead atoms. The van der Waals surface area contributed by atoms with Crippen molar-refractivity contribution in [3.05, 3.63) is 24.0 Å². The van der Waals surface area contributed by atoms with Crippen LogP contribution in [-0.2, 0) is 6.18 Å². The highest BCUT2D eigenvalue weighted by molar-refractivity contribution is 5.80. The van der Waals surface area contributed by atoms with E-state index in [4.69, 9.17) is 5.73 Å². The fourth-order valence-corrected chi connectivity index (χ4v) is 2.24. The van der Waals surface area contributed by atoms with Crippen molar-refractivity contribution in [2.45, 2.75) is 26.1 Å². The van der Waals surface area contributed by atoms with Gasteiger partial charge in [-0.3, -0.25) is 0 Å². The summed E-state index contributed by atoms with van der Waals surface area (Å²) in [4.78, 5) is 3.64. The number of aliphatic hydroxyl groups excluding tert-OH is 1. The van der Waals surface area contributed by atoms with Crippen LogP contribution in [0.3, 0.4) is 0 Å². The van der Waals surface area contributed by atoms with E-state index < -0.39 is 24.6 Å². The molecular weight excluding hydrogens is 271 g/mol. The molecule has 0 saturated carbocycles. The van der Waals surface area contributed by atoms with Gasteiger partial charge in [0.05, 0.1) is 23.7 Å². The van der Waals surface area contributed by atoms with Gasteiger partial charge in [-0.05, 0) is 24.1 Å². The maximum atomic E-state index is 13.2. The van der Waals surface area contributed by atoms with Crippen molar-refractivity contribution in [3.8, 4) is 0 Å². The fourth-order valence-electron chi connectivity index (χ4n) is 2.24. The third-order valence-electron chi connectivity index (χ3n) is 3.26. The molecule has 0 aliphatic heterocycles. The number of alkyl halides is 3. The Labute approximate surface area is 114 Å². The molecule has 4 nitrogen and oxygen atoms in total. The predicted octanol–water partition coefficient (Wildman–Crippen LogP) is 2.83. The number of halogens is 3. The van der Waals surface area contributed by atoms with Gasteiger partial charge >= 0.3 is 6.18 Å². The smallest absolute Gasteiger partial charge is 0.399 e. The van der Waals surface area contributed by atoms with E-state index in [0.29, 0.717) is 11.2 Å². The second-order valence-corrected chi connectivity index (χ2v) is 5.05. The van der Waals surface area contributed by atoms with Gasteiger partial charge in [-0.1, -0.05) is 13.8 Å². The van der Waals surface area contributed by atoms with E-state index in [1.165, 1.54) is 18.2 Å². The number of nitrogens with two attached hydrogens (primary N) is 1. The fraction of sp³-hybridized carbons (Fsp3) is 0.462. The van der Waals surface area contributed by atoms with Gasteiger partial charge in [0, 0.05) is 5.69 Å². The lowest BCUT2D eigenvalue weighted by Gasteiger charge is -2.23. The Kier molecular flexibility index (Phi) is 3.64.